The SMILES string of the molecule is CN(CCOP(=O)(O)O)c1ccccn1. The summed E-state index contributed by atoms with van der Waals surface area (Å²) in [6, 6.07) is 5.43. The van der Waals surface area contributed by atoms with Crippen molar-refractivity contribution in [1.29, 1.82) is 0 Å². The molecule has 1 aromatic heterocycles. The quantitative estimate of drug-likeness (QED) is 0.724. The Labute approximate surface area is 87.8 Å². The fourth-order valence-electron chi connectivity index (χ4n) is 0.991. The highest BCUT2D eigenvalue weighted by molar-refractivity contribution is 7.46. The van der Waals surface area contributed by atoms with E-state index in [-0.39, 0.29) is 6.61 Å². The van der Waals surface area contributed by atoms with Gasteiger partial charge >= 0.3 is 7.82 Å². The third-order valence-corrected chi connectivity index (χ3v) is 2.25. The van der Waals surface area contributed by atoms with Crippen molar-refractivity contribution in [2.45, 2.75) is 0 Å². The normalized spacial score (nSPS) is 11.4. The number of phosphoric acid groups is 1. The summed E-state index contributed by atoms with van der Waals surface area (Å²) in [5, 5.41) is 0. The van der Waals surface area contributed by atoms with E-state index in [1.54, 1.807) is 30.3 Å². The number of likely N-dealkylation sites (N-methyl/N-ethyl adjacent to an activating group) is 1. The lowest BCUT2D eigenvalue weighted by atomic mass is 10.4. The number of pyridine rings is 1. The Morgan fingerprint density at radius 1 is 1.53 bits per heavy atom. The van der Waals surface area contributed by atoms with E-state index in [1.165, 1.54) is 0 Å². The number of hydrogen-bond donors (Lipinski definition) is 2. The minimum absolute atomic E-state index is 0.0443. The van der Waals surface area contributed by atoms with Crippen LogP contribution >= 0.6 is 7.82 Å². The Balaban J connectivity index is 2.37. The average molecular weight is 232 g/mol. The maximum Gasteiger partial charge on any atom is 0.469 e. The summed E-state index contributed by atoms with van der Waals surface area (Å²) in [6.45, 7) is 0.319. The molecule has 1 rings (SSSR count). The number of hydrogen-bond acceptors (Lipinski definition) is 4. The molecule has 0 atom stereocenters. The van der Waals surface area contributed by atoms with Gasteiger partial charge in [0.15, 0.2) is 0 Å². The van der Waals surface area contributed by atoms with Crippen molar-refractivity contribution in [3.63, 3.8) is 0 Å². The summed E-state index contributed by atoms with van der Waals surface area (Å²) in [7, 11) is -2.59. The molecule has 0 saturated heterocycles. The zero-order valence-electron chi connectivity index (χ0n) is 8.28. The van der Waals surface area contributed by atoms with Gasteiger partial charge in [0.05, 0.1) is 6.61 Å². The van der Waals surface area contributed by atoms with E-state index in [4.69, 9.17) is 9.79 Å². The molecule has 1 aromatic rings. The summed E-state index contributed by atoms with van der Waals surface area (Å²) in [5.41, 5.74) is 0. The van der Waals surface area contributed by atoms with Gasteiger partial charge in [-0.25, -0.2) is 9.55 Å². The predicted octanol–water partition coefficient (Wildman–Crippen LogP) is 0.627. The van der Waals surface area contributed by atoms with Gasteiger partial charge in [-0.2, -0.15) is 0 Å². The van der Waals surface area contributed by atoms with E-state index in [2.05, 4.69) is 9.51 Å². The van der Waals surface area contributed by atoms with Gasteiger partial charge in [0.1, 0.15) is 5.82 Å². The molecule has 0 fully saturated rings. The first kappa shape index (κ1) is 12.1. The molecule has 0 spiro atoms. The zero-order chi connectivity index (χ0) is 11.3. The number of rotatable bonds is 5. The second-order valence-corrected chi connectivity index (χ2v) is 4.17. The molecule has 1 heterocycles. The maximum atomic E-state index is 10.4. The van der Waals surface area contributed by atoms with Crippen molar-refractivity contribution in [3.05, 3.63) is 24.4 Å². The molecule has 84 valence electrons. The summed E-state index contributed by atoms with van der Waals surface area (Å²) in [5.74, 6) is 0.729. The second kappa shape index (κ2) is 5.23. The molecule has 0 radical (unpaired) electrons. The lowest BCUT2D eigenvalue weighted by molar-refractivity contribution is 0.201. The molecule has 0 saturated carbocycles. The first-order chi connectivity index (χ1) is 6.99. The smallest absolute Gasteiger partial charge is 0.357 e. The summed E-state index contributed by atoms with van der Waals surface area (Å²) in [6.07, 6.45) is 1.65. The van der Waals surface area contributed by atoms with Crippen LogP contribution in [0.5, 0.6) is 0 Å². The average Bonchev–Trinajstić information content (AvgIpc) is 2.17. The van der Waals surface area contributed by atoms with Crippen LogP contribution in [0.15, 0.2) is 24.4 Å². The van der Waals surface area contributed by atoms with Gasteiger partial charge in [-0.05, 0) is 12.1 Å². The molecule has 6 nitrogen and oxygen atoms in total. The third-order valence-electron chi connectivity index (χ3n) is 1.73. The van der Waals surface area contributed by atoms with E-state index in [9.17, 15) is 4.57 Å². The molecular weight excluding hydrogens is 219 g/mol. The van der Waals surface area contributed by atoms with Gasteiger partial charge in [0.2, 0.25) is 0 Å². The third kappa shape index (κ3) is 4.90. The first-order valence-electron chi connectivity index (χ1n) is 4.31. The van der Waals surface area contributed by atoms with Crippen LogP contribution in [0, 0.1) is 0 Å². The molecule has 7 heteroatoms. The van der Waals surface area contributed by atoms with Gasteiger partial charge in [0, 0.05) is 19.8 Å². The van der Waals surface area contributed by atoms with E-state index in [0.717, 1.165) is 5.82 Å². The Morgan fingerprint density at radius 3 is 2.80 bits per heavy atom. The van der Waals surface area contributed by atoms with Crippen molar-refractivity contribution >= 4 is 13.6 Å². The van der Waals surface area contributed by atoms with Gasteiger partial charge in [-0.1, -0.05) is 6.07 Å². The van der Waals surface area contributed by atoms with Crippen molar-refractivity contribution in [2.24, 2.45) is 0 Å². The van der Waals surface area contributed by atoms with Crippen LogP contribution in [0.25, 0.3) is 0 Å². The van der Waals surface area contributed by atoms with Crippen LogP contribution in [0.4, 0.5) is 5.82 Å². The van der Waals surface area contributed by atoms with Gasteiger partial charge < -0.3 is 14.7 Å². The molecule has 0 aliphatic rings. The first-order valence-corrected chi connectivity index (χ1v) is 5.84. The lowest BCUT2D eigenvalue weighted by Gasteiger charge is -2.17. The lowest BCUT2D eigenvalue weighted by Crippen LogP contribution is -2.22. The fourth-order valence-corrected chi connectivity index (χ4v) is 1.31. The van der Waals surface area contributed by atoms with Crippen LogP contribution in [-0.4, -0.2) is 35.0 Å². The fraction of sp³-hybridized carbons (Fsp3) is 0.375. The number of phosphoric ester groups is 1. The minimum atomic E-state index is -4.36. The monoisotopic (exact) mass is 232 g/mol. The van der Waals surface area contributed by atoms with Crippen LogP contribution < -0.4 is 4.90 Å². The van der Waals surface area contributed by atoms with E-state index < -0.39 is 7.82 Å². The van der Waals surface area contributed by atoms with E-state index >= 15 is 0 Å². The van der Waals surface area contributed by atoms with Gasteiger partial charge in [0.25, 0.3) is 0 Å². The Bertz CT molecular complexity index is 340. The molecule has 0 aliphatic carbocycles. The standard InChI is InChI=1S/C8H13N2O4P/c1-10(6-7-14-15(11,12)13)8-4-2-3-5-9-8/h2-5H,6-7H2,1H3,(H2,11,12,13). The van der Waals surface area contributed by atoms with Crippen LogP contribution in [-0.2, 0) is 9.09 Å². The number of anilines is 1. The van der Waals surface area contributed by atoms with Crippen molar-refractivity contribution in [2.75, 3.05) is 25.1 Å². The van der Waals surface area contributed by atoms with E-state index in [1.807, 2.05) is 6.07 Å². The van der Waals surface area contributed by atoms with Gasteiger partial charge in [-0.3, -0.25) is 4.52 Å². The molecule has 15 heavy (non-hydrogen) atoms. The number of aromatic nitrogens is 1. The van der Waals surface area contributed by atoms with Gasteiger partial charge in [-0.15, -0.1) is 0 Å². The highest BCUT2D eigenvalue weighted by atomic mass is 31.2. The van der Waals surface area contributed by atoms with E-state index in [0.29, 0.717) is 6.54 Å². The molecule has 0 amide bonds. The molecule has 2 N–H and O–H groups in total. The summed E-state index contributed by atoms with van der Waals surface area (Å²) in [4.78, 5) is 22.7. The topological polar surface area (TPSA) is 82.9 Å². The Morgan fingerprint density at radius 2 is 2.27 bits per heavy atom. The molecule has 0 aromatic carbocycles. The highest BCUT2D eigenvalue weighted by Gasteiger charge is 2.13. The molecular formula is C8H13N2O4P. The largest absolute Gasteiger partial charge is 0.469 e. The van der Waals surface area contributed by atoms with Crippen molar-refractivity contribution in [1.82, 2.24) is 4.98 Å². The Kier molecular flexibility index (Phi) is 4.23. The molecule has 0 unspecified atom stereocenters. The van der Waals surface area contributed by atoms with Crippen molar-refractivity contribution < 1.29 is 18.9 Å². The molecule has 0 bridgehead atoms. The second-order valence-electron chi connectivity index (χ2n) is 2.93. The summed E-state index contributed by atoms with van der Waals surface area (Å²) >= 11 is 0. The predicted molar refractivity (Wildman–Crippen MR) is 55.5 cm³/mol. The van der Waals surface area contributed by atoms with Crippen LogP contribution in [0.2, 0.25) is 0 Å². The minimum Gasteiger partial charge on any atom is -0.357 e. The Hall–Kier alpha value is -0.940. The highest BCUT2D eigenvalue weighted by Crippen LogP contribution is 2.35. The zero-order valence-corrected chi connectivity index (χ0v) is 9.17. The van der Waals surface area contributed by atoms with Crippen LogP contribution in [0.1, 0.15) is 0 Å². The molecule has 0 aliphatic heterocycles. The van der Waals surface area contributed by atoms with Crippen LogP contribution in [0.3, 0.4) is 0 Å². The summed E-state index contributed by atoms with van der Waals surface area (Å²) < 4.78 is 14.7. The number of nitrogens with zero attached hydrogens (tertiary/aromatic N) is 2. The van der Waals surface area contributed by atoms with Crippen molar-refractivity contribution in [3.8, 4) is 0 Å². The maximum absolute atomic E-state index is 10.4.